The molecule has 106 valence electrons. The van der Waals surface area contributed by atoms with Crippen LogP contribution in [0.3, 0.4) is 0 Å². The van der Waals surface area contributed by atoms with Crippen molar-refractivity contribution in [1.29, 1.82) is 0 Å². The van der Waals surface area contributed by atoms with E-state index in [2.05, 4.69) is 28.9 Å². The summed E-state index contributed by atoms with van der Waals surface area (Å²) in [4.78, 5) is 25.8. The van der Waals surface area contributed by atoms with Crippen molar-refractivity contribution in [2.75, 3.05) is 4.90 Å². The molecule has 0 aromatic heterocycles. The lowest BCUT2D eigenvalue weighted by molar-refractivity contribution is -0.114. The van der Waals surface area contributed by atoms with E-state index in [-0.39, 0.29) is 0 Å². The van der Waals surface area contributed by atoms with Crippen LogP contribution in [0.5, 0.6) is 0 Å². The zero-order valence-electron chi connectivity index (χ0n) is 11.8. The van der Waals surface area contributed by atoms with Gasteiger partial charge in [-0.2, -0.15) is 0 Å². The first-order chi connectivity index (χ1) is 9.99. The predicted molar refractivity (Wildman–Crippen MR) is 85.6 cm³/mol. The topological polar surface area (TPSA) is 37.4 Å². The van der Waals surface area contributed by atoms with E-state index in [0.717, 1.165) is 10.0 Å². The molecule has 1 amide bonds. The summed E-state index contributed by atoms with van der Waals surface area (Å²) < 4.78 is 0.767. The Morgan fingerprint density at radius 3 is 2.52 bits per heavy atom. The molecule has 1 heterocycles. The highest BCUT2D eigenvalue weighted by Gasteiger charge is 2.37. The Balaban J connectivity index is 2.02. The van der Waals surface area contributed by atoms with Gasteiger partial charge >= 0.3 is 0 Å². The summed E-state index contributed by atoms with van der Waals surface area (Å²) in [7, 11) is 0. The molecule has 4 heteroatoms. The highest BCUT2D eigenvalue weighted by molar-refractivity contribution is 9.10. The first-order valence-electron chi connectivity index (χ1n) is 6.70. The van der Waals surface area contributed by atoms with Gasteiger partial charge in [0.15, 0.2) is 0 Å². The van der Waals surface area contributed by atoms with E-state index in [9.17, 15) is 9.59 Å². The van der Waals surface area contributed by atoms with Crippen LogP contribution in [0.15, 0.2) is 40.9 Å². The Labute approximate surface area is 131 Å². The van der Waals surface area contributed by atoms with E-state index < -0.39 is 11.7 Å². The Morgan fingerprint density at radius 1 is 1.05 bits per heavy atom. The molecule has 0 spiro atoms. The fourth-order valence-electron chi connectivity index (χ4n) is 2.55. The summed E-state index contributed by atoms with van der Waals surface area (Å²) >= 11 is 3.44. The van der Waals surface area contributed by atoms with Gasteiger partial charge < -0.3 is 0 Å². The van der Waals surface area contributed by atoms with Crippen LogP contribution >= 0.6 is 15.9 Å². The lowest BCUT2D eigenvalue weighted by Gasteiger charge is -2.18. The van der Waals surface area contributed by atoms with Gasteiger partial charge in [0.2, 0.25) is 0 Å². The molecule has 0 saturated carbocycles. The third-order valence-corrected chi connectivity index (χ3v) is 4.49. The Bertz CT molecular complexity index is 767. The molecule has 0 radical (unpaired) electrons. The van der Waals surface area contributed by atoms with Crippen LogP contribution in [0.25, 0.3) is 0 Å². The number of Topliss-reactive ketones (excluding diaryl/α,β-unsaturated/α-hetero) is 1. The van der Waals surface area contributed by atoms with Crippen LogP contribution in [-0.4, -0.2) is 11.7 Å². The summed E-state index contributed by atoms with van der Waals surface area (Å²) in [6.45, 7) is 4.50. The number of carbonyl (C=O) groups is 2. The lowest BCUT2D eigenvalue weighted by atomic mass is 10.1. The van der Waals surface area contributed by atoms with E-state index in [0.29, 0.717) is 17.8 Å². The van der Waals surface area contributed by atoms with Crippen molar-refractivity contribution < 1.29 is 9.59 Å². The number of aryl methyl sites for hydroxylation is 2. The number of hydrogen-bond donors (Lipinski definition) is 0. The van der Waals surface area contributed by atoms with Crippen molar-refractivity contribution in [2.24, 2.45) is 0 Å². The fraction of sp³-hybridized carbons (Fsp3) is 0.176. The van der Waals surface area contributed by atoms with E-state index in [1.807, 2.05) is 25.1 Å². The van der Waals surface area contributed by atoms with Crippen LogP contribution in [0.1, 0.15) is 27.0 Å². The van der Waals surface area contributed by atoms with Crippen LogP contribution in [0.4, 0.5) is 5.69 Å². The third-order valence-electron chi connectivity index (χ3n) is 3.85. The number of fused-ring (bicyclic) bond motifs is 1. The molecule has 1 aliphatic rings. The van der Waals surface area contributed by atoms with Gasteiger partial charge in [-0.05, 0) is 58.6 Å². The number of para-hydroxylation sites is 1. The van der Waals surface area contributed by atoms with Crippen molar-refractivity contribution in [3.63, 3.8) is 0 Å². The molecular weight excluding hydrogens is 330 g/mol. The van der Waals surface area contributed by atoms with Crippen molar-refractivity contribution in [2.45, 2.75) is 20.4 Å². The first kappa shape index (κ1) is 14.0. The number of halogens is 1. The summed E-state index contributed by atoms with van der Waals surface area (Å²) in [5.74, 6) is -0.898. The minimum atomic E-state index is -0.463. The number of hydrogen-bond acceptors (Lipinski definition) is 2. The van der Waals surface area contributed by atoms with Crippen LogP contribution in [0.2, 0.25) is 0 Å². The number of ketones is 1. The zero-order chi connectivity index (χ0) is 15.1. The molecule has 0 atom stereocenters. The standard InChI is InChI=1S/C17H14BrNO2/c1-10-6-7-12(8-11(10)2)9-19-15-13(16(20)17(19)21)4-3-5-14(15)18/h3-8H,9H2,1-2H3. The van der Waals surface area contributed by atoms with E-state index >= 15 is 0 Å². The minimum Gasteiger partial charge on any atom is -0.299 e. The molecule has 0 fully saturated rings. The van der Waals surface area contributed by atoms with Gasteiger partial charge in [-0.1, -0.05) is 24.3 Å². The first-order valence-corrected chi connectivity index (χ1v) is 7.49. The number of rotatable bonds is 2. The molecule has 0 N–H and O–H groups in total. The van der Waals surface area contributed by atoms with Gasteiger partial charge in [-0.15, -0.1) is 0 Å². The number of benzene rings is 2. The molecule has 0 aliphatic carbocycles. The molecule has 1 aliphatic heterocycles. The second-order valence-electron chi connectivity index (χ2n) is 5.28. The fourth-order valence-corrected chi connectivity index (χ4v) is 3.13. The monoisotopic (exact) mass is 343 g/mol. The number of nitrogens with zero attached hydrogens (tertiary/aromatic N) is 1. The smallest absolute Gasteiger partial charge is 0.299 e. The van der Waals surface area contributed by atoms with Gasteiger partial charge in [-0.25, -0.2) is 0 Å². The quantitative estimate of drug-likeness (QED) is 0.778. The molecule has 2 aromatic carbocycles. The van der Waals surface area contributed by atoms with Gasteiger partial charge in [0.25, 0.3) is 11.7 Å². The molecular formula is C17H14BrNO2. The Kier molecular flexibility index (Phi) is 3.41. The third kappa shape index (κ3) is 2.29. The highest BCUT2D eigenvalue weighted by Crippen LogP contribution is 2.36. The summed E-state index contributed by atoms with van der Waals surface area (Å²) in [5, 5.41) is 0. The second kappa shape index (κ2) is 5.11. The van der Waals surface area contributed by atoms with Gasteiger partial charge in [0.1, 0.15) is 0 Å². The van der Waals surface area contributed by atoms with Crippen molar-refractivity contribution in [3.05, 3.63) is 63.1 Å². The normalized spacial score (nSPS) is 13.8. The Hall–Kier alpha value is -1.94. The average molecular weight is 344 g/mol. The maximum absolute atomic E-state index is 12.2. The summed E-state index contributed by atoms with van der Waals surface area (Å²) in [6, 6.07) is 11.4. The highest BCUT2D eigenvalue weighted by atomic mass is 79.9. The van der Waals surface area contributed by atoms with Crippen molar-refractivity contribution in [1.82, 2.24) is 0 Å². The van der Waals surface area contributed by atoms with Crippen LogP contribution in [0, 0.1) is 13.8 Å². The maximum Gasteiger partial charge on any atom is 0.299 e. The number of carbonyl (C=O) groups excluding carboxylic acids is 2. The summed E-state index contributed by atoms with van der Waals surface area (Å²) in [5.41, 5.74) is 4.55. The second-order valence-corrected chi connectivity index (χ2v) is 6.13. The Morgan fingerprint density at radius 2 is 1.81 bits per heavy atom. The van der Waals surface area contributed by atoms with E-state index in [4.69, 9.17) is 0 Å². The van der Waals surface area contributed by atoms with Crippen molar-refractivity contribution >= 4 is 33.3 Å². The van der Waals surface area contributed by atoms with Gasteiger partial charge in [-0.3, -0.25) is 14.5 Å². The van der Waals surface area contributed by atoms with E-state index in [1.165, 1.54) is 11.1 Å². The molecule has 0 saturated heterocycles. The van der Waals surface area contributed by atoms with Crippen LogP contribution < -0.4 is 4.90 Å². The SMILES string of the molecule is Cc1ccc(CN2C(=O)C(=O)c3cccc(Br)c32)cc1C. The number of anilines is 1. The largest absolute Gasteiger partial charge is 0.299 e. The van der Waals surface area contributed by atoms with Gasteiger partial charge in [0, 0.05) is 4.47 Å². The maximum atomic E-state index is 12.2. The zero-order valence-corrected chi connectivity index (χ0v) is 13.4. The minimum absolute atomic E-state index is 0.404. The molecule has 21 heavy (non-hydrogen) atoms. The van der Waals surface area contributed by atoms with Crippen LogP contribution in [-0.2, 0) is 11.3 Å². The molecule has 2 aromatic rings. The van der Waals surface area contributed by atoms with E-state index in [1.54, 1.807) is 17.0 Å². The molecule has 3 rings (SSSR count). The number of amides is 1. The van der Waals surface area contributed by atoms with Crippen molar-refractivity contribution in [3.8, 4) is 0 Å². The summed E-state index contributed by atoms with van der Waals surface area (Å²) in [6.07, 6.45) is 0. The molecule has 3 nitrogen and oxygen atoms in total. The molecule has 0 bridgehead atoms. The predicted octanol–water partition coefficient (Wildman–Crippen LogP) is 3.80. The molecule has 0 unspecified atom stereocenters. The lowest BCUT2D eigenvalue weighted by Crippen LogP contribution is -2.29. The average Bonchev–Trinajstić information content (AvgIpc) is 2.69. The van der Waals surface area contributed by atoms with Gasteiger partial charge in [0.05, 0.1) is 17.8 Å².